The Morgan fingerprint density at radius 2 is 1.80 bits per heavy atom. The van der Waals surface area contributed by atoms with Crippen molar-refractivity contribution in [2.75, 3.05) is 38.2 Å². The average molecular weight is 297 g/mol. The highest BCUT2D eigenvalue weighted by Gasteiger charge is 2.27. The normalized spacial score (nSPS) is 17.2. The molecule has 1 aliphatic heterocycles. The third-order valence-corrected chi connectivity index (χ3v) is 4.74. The van der Waals surface area contributed by atoms with Gasteiger partial charge in [-0.15, -0.1) is 0 Å². The van der Waals surface area contributed by atoms with Crippen LogP contribution in [0.1, 0.15) is 15.9 Å². The van der Waals surface area contributed by atoms with Crippen LogP contribution in [-0.4, -0.2) is 56.0 Å². The van der Waals surface area contributed by atoms with Crippen LogP contribution in [0.2, 0.25) is 0 Å². The summed E-state index contributed by atoms with van der Waals surface area (Å²) in [7, 11) is -3.18. The van der Waals surface area contributed by atoms with Gasteiger partial charge in [0.1, 0.15) is 0 Å². The fourth-order valence-electron chi connectivity index (χ4n) is 2.27. The van der Waals surface area contributed by atoms with Gasteiger partial charge in [-0.25, -0.2) is 8.42 Å². The van der Waals surface area contributed by atoms with Crippen LogP contribution >= 0.6 is 0 Å². The third kappa shape index (κ3) is 3.10. The Balaban J connectivity index is 2.09. The summed E-state index contributed by atoms with van der Waals surface area (Å²) in [5.74, 6) is -0.143. The molecule has 6 nitrogen and oxygen atoms in total. The molecule has 2 N–H and O–H groups in total. The van der Waals surface area contributed by atoms with Gasteiger partial charge in [0.25, 0.3) is 5.91 Å². The minimum atomic E-state index is -3.18. The maximum atomic E-state index is 12.4. The average Bonchev–Trinajstić information content (AvgIpc) is 2.37. The van der Waals surface area contributed by atoms with E-state index in [0.29, 0.717) is 37.4 Å². The Morgan fingerprint density at radius 1 is 1.20 bits per heavy atom. The number of carbonyl (C=O) groups is 1. The van der Waals surface area contributed by atoms with Gasteiger partial charge in [-0.2, -0.15) is 4.31 Å². The van der Waals surface area contributed by atoms with Crippen LogP contribution < -0.4 is 5.73 Å². The number of hydrogen-bond donors (Lipinski definition) is 1. The summed E-state index contributed by atoms with van der Waals surface area (Å²) < 4.78 is 24.2. The second-order valence-electron chi connectivity index (χ2n) is 5.04. The zero-order chi connectivity index (χ0) is 14.9. The molecule has 0 unspecified atom stereocenters. The third-order valence-electron chi connectivity index (χ3n) is 3.43. The lowest BCUT2D eigenvalue weighted by molar-refractivity contribution is 0.0699. The molecule has 20 heavy (non-hydrogen) atoms. The Bertz CT molecular complexity index is 620. The lowest BCUT2D eigenvalue weighted by Gasteiger charge is -2.33. The summed E-state index contributed by atoms with van der Waals surface area (Å²) in [5, 5.41) is 0. The number of nitrogen functional groups attached to an aromatic ring is 1. The van der Waals surface area contributed by atoms with Crippen molar-refractivity contribution in [3.8, 4) is 0 Å². The molecule has 0 saturated carbocycles. The molecule has 1 aromatic rings. The Morgan fingerprint density at radius 3 is 2.30 bits per heavy atom. The van der Waals surface area contributed by atoms with Crippen molar-refractivity contribution in [3.05, 3.63) is 29.3 Å². The summed E-state index contributed by atoms with van der Waals surface area (Å²) in [6, 6.07) is 5.33. The van der Waals surface area contributed by atoms with Gasteiger partial charge in [0.05, 0.1) is 11.8 Å². The van der Waals surface area contributed by atoms with Gasteiger partial charge < -0.3 is 10.6 Å². The highest BCUT2D eigenvalue weighted by molar-refractivity contribution is 7.88. The molecule has 1 aliphatic rings. The highest BCUT2D eigenvalue weighted by Crippen LogP contribution is 2.17. The number of benzene rings is 1. The molecule has 0 atom stereocenters. The van der Waals surface area contributed by atoms with E-state index in [1.165, 1.54) is 10.6 Å². The summed E-state index contributed by atoms with van der Waals surface area (Å²) >= 11 is 0. The molecule has 1 fully saturated rings. The molecular weight excluding hydrogens is 278 g/mol. The molecule has 1 saturated heterocycles. The van der Waals surface area contributed by atoms with E-state index in [9.17, 15) is 13.2 Å². The minimum Gasteiger partial charge on any atom is -0.398 e. The highest BCUT2D eigenvalue weighted by atomic mass is 32.2. The number of rotatable bonds is 2. The van der Waals surface area contributed by atoms with Gasteiger partial charge in [-0.05, 0) is 24.6 Å². The molecule has 1 heterocycles. The molecule has 110 valence electrons. The van der Waals surface area contributed by atoms with E-state index in [1.54, 1.807) is 17.0 Å². The molecule has 1 amide bonds. The fraction of sp³-hybridized carbons (Fsp3) is 0.462. The van der Waals surface area contributed by atoms with E-state index in [1.807, 2.05) is 13.0 Å². The van der Waals surface area contributed by atoms with Crippen molar-refractivity contribution in [2.24, 2.45) is 0 Å². The first-order chi connectivity index (χ1) is 9.29. The fourth-order valence-corrected chi connectivity index (χ4v) is 3.10. The number of nitrogens with two attached hydrogens (primary N) is 1. The smallest absolute Gasteiger partial charge is 0.256 e. The maximum Gasteiger partial charge on any atom is 0.256 e. The minimum absolute atomic E-state index is 0.143. The largest absolute Gasteiger partial charge is 0.398 e. The summed E-state index contributed by atoms with van der Waals surface area (Å²) in [5.41, 5.74) is 7.81. The van der Waals surface area contributed by atoms with Crippen molar-refractivity contribution in [1.29, 1.82) is 0 Å². The maximum absolute atomic E-state index is 12.4. The van der Waals surface area contributed by atoms with E-state index < -0.39 is 10.0 Å². The van der Waals surface area contributed by atoms with Crippen molar-refractivity contribution < 1.29 is 13.2 Å². The van der Waals surface area contributed by atoms with E-state index in [4.69, 9.17) is 5.73 Å². The lowest BCUT2D eigenvalue weighted by atomic mass is 10.1. The number of amides is 1. The van der Waals surface area contributed by atoms with Crippen LogP contribution in [0.5, 0.6) is 0 Å². The Kier molecular flexibility index (Phi) is 4.01. The first kappa shape index (κ1) is 14.8. The van der Waals surface area contributed by atoms with E-state index in [2.05, 4.69) is 0 Å². The molecule has 0 bridgehead atoms. The van der Waals surface area contributed by atoms with Crippen LogP contribution in [0.3, 0.4) is 0 Å². The molecular formula is C13H19N3O3S. The number of carbonyl (C=O) groups excluding carboxylic acids is 1. The molecule has 0 aromatic heterocycles. The first-order valence-electron chi connectivity index (χ1n) is 6.39. The lowest BCUT2D eigenvalue weighted by Crippen LogP contribution is -2.50. The number of sulfonamides is 1. The van der Waals surface area contributed by atoms with E-state index >= 15 is 0 Å². The first-order valence-corrected chi connectivity index (χ1v) is 8.24. The van der Waals surface area contributed by atoms with Gasteiger partial charge in [-0.3, -0.25) is 4.79 Å². The number of nitrogens with zero attached hydrogens (tertiary/aromatic N) is 2. The molecule has 0 radical (unpaired) electrons. The topological polar surface area (TPSA) is 83.7 Å². The van der Waals surface area contributed by atoms with Gasteiger partial charge in [0, 0.05) is 31.9 Å². The predicted octanol–water partition coefficient (Wildman–Crippen LogP) is 0.295. The number of piperazine rings is 1. The molecule has 0 aliphatic carbocycles. The SMILES string of the molecule is Cc1ccc(C(=O)N2CCN(S(C)(=O)=O)CC2)c(N)c1. The van der Waals surface area contributed by atoms with Crippen molar-refractivity contribution in [3.63, 3.8) is 0 Å². The standard InChI is InChI=1S/C13H19N3O3S/c1-10-3-4-11(12(14)9-10)13(17)15-5-7-16(8-6-15)20(2,18)19/h3-4,9H,5-8,14H2,1-2H3. The van der Waals surface area contributed by atoms with Gasteiger partial charge in [-0.1, -0.05) is 6.07 Å². The predicted molar refractivity (Wildman–Crippen MR) is 77.9 cm³/mol. The second-order valence-corrected chi connectivity index (χ2v) is 7.03. The zero-order valence-corrected chi connectivity index (χ0v) is 12.5. The van der Waals surface area contributed by atoms with Crippen molar-refractivity contribution >= 4 is 21.6 Å². The van der Waals surface area contributed by atoms with Crippen molar-refractivity contribution in [2.45, 2.75) is 6.92 Å². The van der Waals surface area contributed by atoms with Crippen LogP contribution in [0.4, 0.5) is 5.69 Å². The summed E-state index contributed by atoms with van der Waals surface area (Å²) in [4.78, 5) is 14.0. The summed E-state index contributed by atoms with van der Waals surface area (Å²) in [6.07, 6.45) is 1.18. The Labute approximate surface area is 119 Å². The van der Waals surface area contributed by atoms with E-state index in [0.717, 1.165) is 5.56 Å². The van der Waals surface area contributed by atoms with Crippen LogP contribution in [0, 0.1) is 6.92 Å². The molecule has 7 heteroatoms. The monoisotopic (exact) mass is 297 g/mol. The molecule has 1 aromatic carbocycles. The second kappa shape index (κ2) is 5.41. The van der Waals surface area contributed by atoms with Crippen LogP contribution in [0.15, 0.2) is 18.2 Å². The van der Waals surface area contributed by atoms with Gasteiger partial charge >= 0.3 is 0 Å². The van der Waals surface area contributed by atoms with Crippen LogP contribution in [-0.2, 0) is 10.0 Å². The molecule has 2 rings (SSSR count). The van der Waals surface area contributed by atoms with Crippen LogP contribution in [0.25, 0.3) is 0 Å². The number of anilines is 1. The number of aryl methyl sites for hydroxylation is 1. The van der Waals surface area contributed by atoms with E-state index in [-0.39, 0.29) is 5.91 Å². The molecule has 0 spiro atoms. The Hall–Kier alpha value is -1.60. The number of hydrogen-bond acceptors (Lipinski definition) is 4. The zero-order valence-electron chi connectivity index (χ0n) is 11.7. The van der Waals surface area contributed by atoms with Gasteiger partial charge in [0.15, 0.2) is 0 Å². The summed E-state index contributed by atoms with van der Waals surface area (Å²) in [6.45, 7) is 3.35. The van der Waals surface area contributed by atoms with Gasteiger partial charge in [0.2, 0.25) is 10.0 Å². The quantitative estimate of drug-likeness (QED) is 0.796. The van der Waals surface area contributed by atoms with Crippen molar-refractivity contribution in [1.82, 2.24) is 9.21 Å².